The minimum atomic E-state index is -0.848. The SMILES string of the molecule is CCC(C(=O)OCc1ccc2c(c1)OCO2)(c1ccccc1)c1ccccc1. The first-order chi connectivity index (χ1) is 13.7. The Labute approximate surface area is 164 Å². The smallest absolute Gasteiger partial charge is 0.321 e. The molecule has 0 atom stereocenters. The van der Waals surface area contributed by atoms with Crippen LogP contribution in [0.15, 0.2) is 78.9 Å². The monoisotopic (exact) mass is 374 g/mol. The molecule has 0 fully saturated rings. The molecular formula is C24H22O4. The van der Waals surface area contributed by atoms with Gasteiger partial charge in [0.25, 0.3) is 0 Å². The average Bonchev–Trinajstić information content (AvgIpc) is 3.23. The van der Waals surface area contributed by atoms with Gasteiger partial charge in [-0.05, 0) is 35.2 Å². The second-order valence-electron chi connectivity index (χ2n) is 6.75. The largest absolute Gasteiger partial charge is 0.460 e. The van der Waals surface area contributed by atoms with Crippen molar-refractivity contribution < 1.29 is 19.0 Å². The molecular weight excluding hydrogens is 352 g/mol. The predicted octanol–water partition coefficient (Wildman–Crippen LogP) is 4.85. The highest BCUT2D eigenvalue weighted by Gasteiger charge is 2.41. The summed E-state index contributed by atoms with van der Waals surface area (Å²) < 4.78 is 16.6. The normalized spacial score (nSPS) is 12.6. The molecule has 0 saturated carbocycles. The highest BCUT2D eigenvalue weighted by Crippen LogP contribution is 2.38. The first kappa shape index (κ1) is 18.1. The molecule has 0 amide bonds. The standard InChI is InChI=1S/C24H22O4/c1-2-24(19-9-5-3-6-10-19,20-11-7-4-8-12-20)23(25)26-16-18-13-14-21-22(15-18)28-17-27-21/h3-15H,2,16-17H2,1H3. The summed E-state index contributed by atoms with van der Waals surface area (Å²) in [6.45, 7) is 2.41. The van der Waals surface area contributed by atoms with Crippen LogP contribution in [0.3, 0.4) is 0 Å². The molecule has 3 aromatic rings. The Hall–Kier alpha value is -3.27. The number of carbonyl (C=O) groups excluding carboxylic acids is 1. The fourth-order valence-corrected chi connectivity index (χ4v) is 3.70. The van der Waals surface area contributed by atoms with E-state index < -0.39 is 5.41 Å². The van der Waals surface area contributed by atoms with Gasteiger partial charge in [0.1, 0.15) is 12.0 Å². The first-order valence-corrected chi connectivity index (χ1v) is 9.41. The minimum Gasteiger partial charge on any atom is -0.460 e. The second kappa shape index (κ2) is 7.77. The summed E-state index contributed by atoms with van der Waals surface area (Å²) in [5.41, 5.74) is 1.88. The van der Waals surface area contributed by atoms with E-state index in [4.69, 9.17) is 14.2 Å². The van der Waals surface area contributed by atoms with Gasteiger partial charge in [0.2, 0.25) is 6.79 Å². The molecule has 4 heteroatoms. The Kier molecular flexibility index (Phi) is 5.02. The van der Waals surface area contributed by atoms with Crippen LogP contribution in [0.4, 0.5) is 0 Å². The van der Waals surface area contributed by atoms with Crippen LogP contribution in [0.5, 0.6) is 11.5 Å². The molecule has 1 heterocycles. The van der Waals surface area contributed by atoms with E-state index in [0.717, 1.165) is 16.7 Å². The third kappa shape index (κ3) is 3.22. The lowest BCUT2D eigenvalue weighted by Crippen LogP contribution is -2.38. The van der Waals surface area contributed by atoms with Crippen LogP contribution < -0.4 is 9.47 Å². The van der Waals surface area contributed by atoms with Gasteiger partial charge in [-0.25, -0.2) is 0 Å². The third-order valence-corrected chi connectivity index (χ3v) is 5.22. The Morgan fingerprint density at radius 2 is 1.50 bits per heavy atom. The van der Waals surface area contributed by atoms with Crippen molar-refractivity contribution in [1.82, 2.24) is 0 Å². The summed E-state index contributed by atoms with van der Waals surface area (Å²) in [5.74, 6) is 1.14. The van der Waals surface area contributed by atoms with Crippen molar-refractivity contribution in [3.63, 3.8) is 0 Å². The number of hydrogen-bond acceptors (Lipinski definition) is 4. The minimum absolute atomic E-state index is 0.177. The highest BCUT2D eigenvalue weighted by molar-refractivity contribution is 5.87. The topological polar surface area (TPSA) is 44.8 Å². The predicted molar refractivity (Wildman–Crippen MR) is 106 cm³/mol. The van der Waals surface area contributed by atoms with Crippen LogP contribution in [-0.4, -0.2) is 12.8 Å². The molecule has 1 aliphatic rings. The second-order valence-corrected chi connectivity index (χ2v) is 6.75. The molecule has 0 saturated heterocycles. The number of rotatable bonds is 6. The summed E-state index contributed by atoms with van der Waals surface area (Å²) in [4.78, 5) is 13.4. The van der Waals surface area contributed by atoms with Crippen molar-refractivity contribution in [2.75, 3.05) is 6.79 Å². The van der Waals surface area contributed by atoms with Gasteiger partial charge in [-0.15, -0.1) is 0 Å². The zero-order chi connectivity index (χ0) is 19.4. The van der Waals surface area contributed by atoms with E-state index in [9.17, 15) is 4.79 Å². The van der Waals surface area contributed by atoms with Crippen molar-refractivity contribution in [3.05, 3.63) is 95.6 Å². The van der Waals surface area contributed by atoms with E-state index in [1.54, 1.807) is 0 Å². The van der Waals surface area contributed by atoms with Crippen LogP contribution in [-0.2, 0) is 21.6 Å². The molecule has 0 aromatic heterocycles. The van der Waals surface area contributed by atoms with E-state index in [1.165, 1.54) is 0 Å². The number of benzene rings is 3. The highest BCUT2D eigenvalue weighted by atomic mass is 16.7. The summed E-state index contributed by atoms with van der Waals surface area (Å²) >= 11 is 0. The average molecular weight is 374 g/mol. The fraction of sp³-hybridized carbons (Fsp3) is 0.208. The van der Waals surface area contributed by atoms with Crippen LogP contribution in [0.1, 0.15) is 30.0 Å². The summed E-state index contributed by atoms with van der Waals surface area (Å²) in [6.07, 6.45) is 0.598. The van der Waals surface area contributed by atoms with Crippen LogP contribution in [0.2, 0.25) is 0 Å². The van der Waals surface area contributed by atoms with Gasteiger partial charge >= 0.3 is 5.97 Å². The molecule has 1 aliphatic heterocycles. The Morgan fingerprint density at radius 1 is 0.893 bits per heavy atom. The zero-order valence-corrected chi connectivity index (χ0v) is 15.8. The van der Waals surface area contributed by atoms with Gasteiger partial charge in [-0.1, -0.05) is 73.7 Å². The lowest BCUT2D eigenvalue weighted by atomic mass is 9.72. The third-order valence-electron chi connectivity index (χ3n) is 5.22. The number of fused-ring (bicyclic) bond motifs is 1. The quantitative estimate of drug-likeness (QED) is 0.578. The summed E-state index contributed by atoms with van der Waals surface area (Å²) in [6, 6.07) is 25.2. The molecule has 0 radical (unpaired) electrons. The maximum absolute atomic E-state index is 13.4. The van der Waals surface area contributed by atoms with E-state index in [-0.39, 0.29) is 19.4 Å². The van der Waals surface area contributed by atoms with Crippen molar-refractivity contribution in [1.29, 1.82) is 0 Å². The summed E-state index contributed by atoms with van der Waals surface area (Å²) in [7, 11) is 0. The number of hydrogen-bond donors (Lipinski definition) is 0. The lowest BCUT2D eigenvalue weighted by molar-refractivity contribution is -0.150. The van der Waals surface area contributed by atoms with Crippen molar-refractivity contribution in [2.24, 2.45) is 0 Å². The fourth-order valence-electron chi connectivity index (χ4n) is 3.70. The summed E-state index contributed by atoms with van der Waals surface area (Å²) in [5, 5.41) is 0. The van der Waals surface area contributed by atoms with E-state index in [2.05, 4.69) is 0 Å². The molecule has 142 valence electrons. The molecule has 0 bridgehead atoms. The van der Waals surface area contributed by atoms with Crippen LogP contribution >= 0.6 is 0 Å². The Morgan fingerprint density at radius 3 is 2.11 bits per heavy atom. The maximum atomic E-state index is 13.4. The van der Waals surface area contributed by atoms with Gasteiger partial charge in [0, 0.05) is 0 Å². The molecule has 0 aliphatic carbocycles. The molecule has 0 unspecified atom stereocenters. The first-order valence-electron chi connectivity index (χ1n) is 9.41. The molecule has 0 spiro atoms. The van der Waals surface area contributed by atoms with Crippen molar-refractivity contribution >= 4 is 5.97 Å². The van der Waals surface area contributed by atoms with Gasteiger partial charge in [0.15, 0.2) is 11.5 Å². The Balaban J connectivity index is 1.64. The van der Waals surface area contributed by atoms with Crippen molar-refractivity contribution in [2.45, 2.75) is 25.4 Å². The molecule has 3 aromatic carbocycles. The van der Waals surface area contributed by atoms with Crippen molar-refractivity contribution in [3.8, 4) is 11.5 Å². The van der Waals surface area contributed by atoms with Gasteiger partial charge in [-0.2, -0.15) is 0 Å². The number of ether oxygens (including phenoxy) is 3. The number of carbonyl (C=O) groups is 1. The van der Waals surface area contributed by atoms with Gasteiger partial charge in [0.05, 0.1) is 0 Å². The van der Waals surface area contributed by atoms with E-state index in [1.807, 2.05) is 85.8 Å². The van der Waals surface area contributed by atoms with E-state index in [0.29, 0.717) is 17.9 Å². The molecule has 4 rings (SSSR count). The molecule has 4 nitrogen and oxygen atoms in total. The molecule has 0 N–H and O–H groups in total. The maximum Gasteiger partial charge on any atom is 0.321 e. The zero-order valence-electron chi connectivity index (χ0n) is 15.8. The van der Waals surface area contributed by atoms with Crippen LogP contribution in [0, 0.1) is 0 Å². The van der Waals surface area contributed by atoms with E-state index >= 15 is 0 Å². The molecule has 28 heavy (non-hydrogen) atoms. The van der Waals surface area contributed by atoms with Crippen LogP contribution in [0.25, 0.3) is 0 Å². The number of esters is 1. The Bertz CT molecular complexity index is 911. The van der Waals surface area contributed by atoms with Gasteiger partial charge < -0.3 is 14.2 Å². The van der Waals surface area contributed by atoms with Gasteiger partial charge in [-0.3, -0.25) is 4.79 Å². The lowest BCUT2D eigenvalue weighted by Gasteiger charge is -2.31.